The molecule has 2 amide bonds. The second-order valence-corrected chi connectivity index (χ2v) is 11.5. The number of fused-ring (bicyclic) bond motifs is 1. The van der Waals surface area contributed by atoms with Crippen LogP contribution in [-0.4, -0.2) is 53.4 Å². The van der Waals surface area contributed by atoms with Crippen LogP contribution in [0.1, 0.15) is 65.2 Å². The van der Waals surface area contributed by atoms with Crippen LogP contribution in [0.2, 0.25) is 10.0 Å². The molecule has 2 aliphatic rings. The third kappa shape index (κ3) is 5.38. The quantitative estimate of drug-likeness (QED) is 0.361. The molecule has 1 fully saturated rings. The molecule has 8 heteroatoms. The number of halogens is 2. The van der Waals surface area contributed by atoms with Gasteiger partial charge in [-0.3, -0.25) is 9.59 Å². The van der Waals surface area contributed by atoms with Gasteiger partial charge in [-0.05, 0) is 60.7 Å². The summed E-state index contributed by atoms with van der Waals surface area (Å²) in [6.07, 6.45) is 2.40. The fraction of sp³-hybridized carbons (Fsp3) is 0.355. The lowest BCUT2D eigenvalue weighted by Crippen LogP contribution is -2.52. The van der Waals surface area contributed by atoms with E-state index >= 15 is 0 Å². The molecule has 0 saturated carbocycles. The van der Waals surface area contributed by atoms with E-state index in [0.717, 1.165) is 55.6 Å². The Hall–Kier alpha value is -3.06. The predicted molar refractivity (Wildman–Crippen MR) is 154 cm³/mol. The molecule has 2 atom stereocenters. The number of amides is 2. The van der Waals surface area contributed by atoms with Crippen LogP contribution in [0, 0.1) is 0 Å². The van der Waals surface area contributed by atoms with E-state index in [1.54, 1.807) is 37.1 Å². The zero-order valence-corrected chi connectivity index (χ0v) is 23.7. The summed E-state index contributed by atoms with van der Waals surface area (Å²) in [7, 11) is 1.79. The van der Waals surface area contributed by atoms with Crippen LogP contribution >= 0.6 is 23.2 Å². The summed E-state index contributed by atoms with van der Waals surface area (Å²) < 4.78 is 0. The number of carbonyl (C=O) groups excluding carboxylic acids is 2. The van der Waals surface area contributed by atoms with Gasteiger partial charge in [-0.25, -0.2) is 0 Å². The van der Waals surface area contributed by atoms with Crippen LogP contribution in [0.3, 0.4) is 0 Å². The third-order valence-electron chi connectivity index (χ3n) is 8.31. The van der Waals surface area contributed by atoms with Crippen molar-refractivity contribution in [1.82, 2.24) is 15.1 Å². The number of likely N-dealkylation sites (N-methyl/N-ethyl adjacent to an activating group) is 1. The Morgan fingerprint density at radius 1 is 1.05 bits per heavy atom. The van der Waals surface area contributed by atoms with Crippen molar-refractivity contribution >= 4 is 35.0 Å². The van der Waals surface area contributed by atoms with Crippen molar-refractivity contribution in [2.45, 2.75) is 43.7 Å². The normalized spacial score (nSPS) is 19.5. The molecule has 5 rings (SSSR count). The molecule has 39 heavy (non-hydrogen) atoms. The maximum Gasteiger partial charge on any atom is 0.258 e. The second kappa shape index (κ2) is 11.2. The van der Waals surface area contributed by atoms with E-state index in [9.17, 15) is 14.7 Å². The molecule has 3 aromatic rings. The molecule has 2 unspecified atom stereocenters. The van der Waals surface area contributed by atoms with Crippen molar-refractivity contribution in [3.63, 3.8) is 0 Å². The van der Waals surface area contributed by atoms with Crippen LogP contribution in [0.25, 0.3) is 0 Å². The first-order valence-electron chi connectivity index (χ1n) is 13.3. The average Bonchev–Trinajstić information content (AvgIpc) is 3.18. The van der Waals surface area contributed by atoms with Crippen LogP contribution in [0.4, 0.5) is 0 Å². The number of phenols is 1. The van der Waals surface area contributed by atoms with Crippen molar-refractivity contribution < 1.29 is 14.7 Å². The molecular formula is C31H33Cl2N3O3. The van der Waals surface area contributed by atoms with E-state index in [2.05, 4.69) is 22.3 Å². The molecule has 3 aromatic carbocycles. The molecule has 0 radical (unpaired) electrons. The number of rotatable bonds is 7. The molecule has 6 nitrogen and oxygen atoms in total. The number of hydrogen-bond donors (Lipinski definition) is 2. The van der Waals surface area contributed by atoms with E-state index < -0.39 is 0 Å². The van der Waals surface area contributed by atoms with Crippen LogP contribution < -0.4 is 5.32 Å². The summed E-state index contributed by atoms with van der Waals surface area (Å²) >= 11 is 12.7. The van der Waals surface area contributed by atoms with Crippen LogP contribution in [0.5, 0.6) is 5.75 Å². The first-order valence-corrected chi connectivity index (χ1v) is 14.1. The Morgan fingerprint density at radius 3 is 2.44 bits per heavy atom. The molecule has 0 spiro atoms. The van der Waals surface area contributed by atoms with E-state index in [1.165, 1.54) is 0 Å². The Labute approximate surface area is 239 Å². The predicted octanol–water partition coefficient (Wildman–Crippen LogP) is 6.13. The van der Waals surface area contributed by atoms with Crippen molar-refractivity contribution in [2.75, 3.05) is 26.7 Å². The first kappa shape index (κ1) is 27.5. The van der Waals surface area contributed by atoms with Crippen LogP contribution in [0.15, 0.2) is 66.7 Å². The summed E-state index contributed by atoms with van der Waals surface area (Å²) in [5.41, 5.74) is 2.96. The molecular weight excluding hydrogens is 533 g/mol. The van der Waals surface area contributed by atoms with Crippen LogP contribution in [-0.2, 0) is 10.3 Å². The van der Waals surface area contributed by atoms with Gasteiger partial charge in [-0.2, -0.15) is 0 Å². The van der Waals surface area contributed by atoms with Gasteiger partial charge in [0.15, 0.2) is 0 Å². The highest BCUT2D eigenvalue weighted by atomic mass is 35.5. The Morgan fingerprint density at radius 2 is 1.77 bits per heavy atom. The molecule has 0 aliphatic carbocycles. The summed E-state index contributed by atoms with van der Waals surface area (Å²) in [6.45, 7) is 4.05. The highest BCUT2D eigenvalue weighted by Gasteiger charge is 2.42. The standard InChI is InChI=1S/C31H33Cl2N3O3/c1-20(37)34-31(22-7-4-3-5-8-22)14-17-36(18-15-31)16-13-23(21-11-12-25(32)26(33)19-21)29-24-9-6-10-27(38)28(24)30(39)35(29)2/h3-12,19,23,29,38H,13-18H2,1-2H3,(H,34,37). The summed E-state index contributed by atoms with van der Waals surface area (Å²) in [4.78, 5) is 29.4. The van der Waals surface area contributed by atoms with Gasteiger partial charge in [0.2, 0.25) is 5.91 Å². The number of aromatic hydroxyl groups is 1. The summed E-state index contributed by atoms with van der Waals surface area (Å²) in [5.74, 6) is -0.263. The number of nitrogens with one attached hydrogen (secondary N) is 1. The fourth-order valence-corrected chi connectivity index (χ4v) is 6.65. The topological polar surface area (TPSA) is 72.9 Å². The maximum absolute atomic E-state index is 13.2. The number of piperidine rings is 1. The lowest BCUT2D eigenvalue weighted by Gasteiger charge is -2.43. The monoisotopic (exact) mass is 565 g/mol. The number of phenolic OH excluding ortho intramolecular Hbond substituents is 1. The summed E-state index contributed by atoms with van der Waals surface area (Å²) in [5, 5.41) is 14.7. The van der Waals surface area contributed by atoms with E-state index in [-0.39, 0.29) is 35.1 Å². The van der Waals surface area contributed by atoms with Gasteiger partial charge in [0, 0.05) is 33.0 Å². The maximum atomic E-state index is 13.2. The zero-order chi connectivity index (χ0) is 27.7. The molecule has 0 bridgehead atoms. The Balaban J connectivity index is 1.39. The average molecular weight is 567 g/mol. The van der Waals surface area contributed by atoms with Gasteiger partial charge in [-0.1, -0.05) is 71.7 Å². The smallest absolute Gasteiger partial charge is 0.258 e. The van der Waals surface area contributed by atoms with Crippen molar-refractivity contribution in [2.24, 2.45) is 0 Å². The molecule has 1 saturated heterocycles. The fourth-order valence-electron chi connectivity index (χ4n) is 6.34. The highest BCUT2D eigenvalue weighted by Crippen LogP contribution is 2.47. The van der Waals surface area contributed by atoms with Crippen molar-refractivity contribution in [3.8, 4) is 5.75 Å². The number of carbonyl (C=O) groups is 2. The summed E-state index contributed by atoms with van der Waals surface area (Å²) in [6, 6.07) is 20.9. The molecule has 2 heterocycles. The third-order valence-corrected chi connectivity index (χ3v) is 9.04. The number of benzene rings is 3. The number of likely N-dealkylation sites (tertiary alicyclic amines) is 1. The largest absolute Gasteiger partial charge is 0.507 e. The second-order valence-electron chi connectivity index (χ2n) is 10.6. The molecule has 204 valence electrons. The number of hydrogen-bond acceptors (Lipinski definition) is 4. The minimum absolute atomic E-state index is 0.00555. The number of nitrogens with zero attached hydrogens (tertiary/aromatic N) is 2. The first-order chi connectivity index (χ1) is 18.7. The van der Waals surface area contributed by atoms with Gasteiger partial charge in [-0.15, -0.1) is 0 Å². The lowest BCUT2D eigenvalue weighted by molar-refractivity contribution is -0.121. The van der Waals surface area contributed by atoms with Gasteiger partial charge in [0.25, 0.3) is 5.91 Å². The van der Waals surface area contributed by atoms with Crippen molar-refractivity contribution in [1.29, 1.82) is 0 Å². The van der Waals surface area contributed by atoms with E-state index in [4.69, 9.17) is 23.2 Å². The molecule has 2 aliphatic heterocycles. The van der Waals surface area contributed by atoms with Gasteiger partial charge in [0.1, 0.15) is 5.75 Å². The van der Waals surface area contributed by atoms with E-state index in [0.29, 0.717) is 15.6 Å². The van der Waals surface area contributed by atoms with Gasteiger partial charge >= 0.3 is 0 Å². The minimum Gasteiger partial charge on any atom is -0.507 e. The zero-order valence-electron chi connectivity index (χ0n) is 22.2. The highest BCUT2D eigenvalue weighted by molar-refractivity contribution is 6.42. The van der Waals surface area contributed by atoms with E-state index in [1.807, 2.05) is 36.4 Å². The van der Waals surface area contributed by atoms with Gasteiger partial charge < -0.3 is 20.2 Å². The van der Waals surface area contributed by atoms with Gasteiger partial charge in [0.05, 0.1) is 27.2 Å². The minimum atomic E-state index is -0.374. The Kier molecular flexibility index (Phi) is 7.90. The Bertz CT molecular complexity index is 1370. The van der Waals surface area contributed by atoms with Crippen molar-refractivity contribution in [3.05, 3.63) is 99.0 Å². The molecule has 0 aromatic heterocycles. The SMILES string of the molecule is CC(=O)NC1(c2ccccc2)CCN(CCC(c2ccc(Cl)c(Cl)c2)C2c3cccc(O)c3C(=O)N2C)CC1. The molecule has 2 N–H and O–H groups in total. The lowest BCUT2D eigenvalue weighted by atomic mass is 9.80.